The van der Waals surface area contributed by atoms with E-state index in [2.05, 4.69) is 10.3 Å². The van der Waals surface area contributed by atoms with E-state index in [0.29, 0.717) is 57.1 Å². The van der Waals surface area contributed by atoms with Gasteiger partial charge in [-0.15, -0.1) is 0 Å². The maximum Gasteiger partial charge on any atom is 0.270 e. The van der Waals surface area contributed by atoms with Gasteiger partial charge in [0.15, 0.2) is 0 Å². The fourth-order valence-corrected chi connectivity index (χ4v) is 3.09. The Labute approximate surface area is 147 Å². The average molecular weight is 344 g/mol. The number of rotatable bonds is 5. The van der Waals surface area contributed by atoms with Crippen LogP contribution >= 0.6 is 0 Å². The second-order valence-corrected chi connectivity index (χ2v) is 6.28. The normalized spacial score (nSPS) is 14.7. The number of pyridine rings is 1. The predicted molar refractivity (Wildman–Crippen MR) is 93.6 cm³/mol. The summed E-state index contributed by atoms with van der Waals surface area (Å²) in [5, 5.41) is 2.90. The van der Waals surface area contributed by atoms with Crippen molar-refractivity contribution in [1.82, 2.24) is 19.6 Å². The highest BCUT2D eigenvalue weighted by Crippen LogP contribution is 2.15. The minimum Gasteiger partial charge on any atom is -0.378 e. The summed E-state index contributed by atoms with van der Waals surface area (Å²) in [7, 11) is 0. The molecular weight excluding hydrogens is 320 g/mol. The summed E-state index contributed by atoms with van der Waals surface area (Å²) < 4.78 is 7.06. The standard InChI is InChI=1S/C18H24N4O3/c1-13-5-4-8-22-16(14(2)20-17(13)22)18(24)19-7-3-6-15(23)21-9-11-25-12-10-21/h4-5,8H,3,6-7,9-12H2,1-2H3,(H,19,24). The molecule has 0 radical (unpaired) electrons. The summed E-state index contributed by atoms with van der Waals surface area (Å²) in [6, 6.07) is 3.88. The van der Waals surface area contributed by atoms with Gasteiger partial charge in [0, 0.05) is 32.3 Å². The van der Waals surface area contributed by atoms with Gasteiger partial charge >= 0.3 is 0 Å². The summed E-state index contributed by atoms with van der Waals surface area (Å²) in [5.41, 5.74) is 3.09. The molecule has 0 aliphatic carbocycles. The Morgan fingerprint density at radius 2 is 2.04 bits per heavy atom. The molecule has 1 aliphatic heterocycles. The highest BCUT2D eigenvalue weighted by Gasteiger charge is 2.18. The van der Waals surface area contributed by atoms with Crippen molar-refractivity contribution in [3.63, 3.8) is 0 Å². The van der Waals surface area contributed by atoms with E-state index in [0.717, 1.165) is 11.2 Å². The van der Waals surface area contributed by atoms with Gasteiger partial charge in [0.1, 0.15) is 11.3 Å². The smallest absolute Gasteiger partial charge is 0.270 e. The molecule has 0 spiro atoms. The second kappa shape index (κ2) is 7.65. The molecule has 1 fully saturated rings. The zero-order valence-corrected chi connectivity index (χ0v) is 14.7. The number of amides is 2. The molecule has 3 heterocycles. The van der Waals surface area contributed by atoms with Crippen molar-refractivity contribution >= 4 is 17.5 Å². The summed E-state index contributed by atoms with van der Waals surface area (Å²) in [6.07, 6.45) is 2.90. The molecule has 0 aromatic carbocycles. The Morgan fingerprint density at radius 1 is 1.28 bits per heavy atom. The molecule has 7 nitrogen and oxygen atoms in total. The SMILES string of the molecule is Cc1nc2c(C)cccn2c1C(=O)NCCCC(=O)N1CCOCC1. The number of morpholine rings is 1. The van der Waals surface area contributed by atoms with Crippen molar-refractivity contribution in [1.29, 1.82) is 0 Å². The van der Waals surface area contributed by atoms with E-state index in [1.54, 1.807) is 0 Å². The molecule has 1 saturated heterocycles. The van der Waals surface area contributed by atoms with E-state index in [-0.39, 0.29) is 11.8 Å². The number of hydrogen-bond acceptors (Lipinski definition) is 4. The maximum absolute atomic E-state index is 12.5. The number of ether oxygens (including phenoxy) is 1. The zero-order chi connectivity index (χ0) is 17.8. The number of nitrogens with one attached hydrogen (secondary N) is 1. The van der Waals surface area contributed by atoms with Crippen LogP contribution in [0.5, 0.6) is 0 Å². The lowest BCUT2D eigenvalue weighted by molar-refractivity contribution is -0.135. The Kier molecular flexibility index (Phi) is 5.33. The summed E-state index contributed by atoms with van der Waals surface area (Å²) in [6.45, 7) is 6.80. The van der Waals surface area contributed by atoms with Crippen LogP contribution in [0.4, 0.5) is 0 Å². The first kappa shape index (κ1) is 17.4. The lowest BCUT2D eigenvalue weighted by Crippen LogP contribution is -2.40. The third kappa shape index (κ3) is 3.82. The van der Waals surface area contributed by atoms with Crippen molar-refractivity contribution < 1.29 is 14.3 Å². The summed E-state index contributed by atoms with van der Waals surface area (Å²) >= 11 is 0. The van der Waals surface area contributed by atoms with E-state index < -0.39 is 0 Å². The molecule has 2 aromatic rings. The Bertz CT molecular complexity index is 778. The minimum atomic E-state index is -0.158. The number of aryl methyl sites for hydroxylation is 2. The van der Waals surface area contributed by atoms with E-state index >= 15 is 0 Å². The molecule has 3 rings (SSSR count). The number of carbonyl (C=O) groups excluding carboxylic acids is 2. The number of imidazole rings is 1. The Hall–Kier alpha value is -2.41. The first-order valence-corrected chi connectivity index (χ1v) is 8.66. The highest BCUT2D eigenvalue weighted by atomic mass is 16.5. The van der Waals surface area contributed by atoms with Crippen molar-refractivity contribution in [2.75, 3.05) is 32.8 Å². The first-order valence-electron chi connectivity index (χ1n) is 8.66. The zero-order valence-electron chi connectivity index (χ0n) is 14.7. The van der Waals surface area contributed by atoms with Gasteiger partial charge in [-0.1, -0.05) is 6.07 Å². The third-order valence-corrected chi connectivity index (χ3v) is 4.45. The molecule has 0 saturated carbocycles. The Balaban J connectivity index is 1.54. The average Bonchev–Trinajstić information content (AvgIpc) is 2.96. The van der Waals surface area contributed by atoms with Crippen molar-refractivity contribution in [3.05, 3.63) is 35.3 Å². The topological polar surface area (TPSA) is 75.9 Å². The van der Waals surface area contributed by atoms with Crippen molar-refractivity contribution in [2.45, 2.75) is 26.7 Å². The van der Waals surface area contributed by atoms with Gasteiger partial charge in [-0.3, -0.25) is 14.0 Å². The fraction of sp³-hybridized carbons (Fsp3) is 0.500. The van der Waals surface area contributed by atoms with Crippen LogP contribution in [0.25, 0.3) is 5.65 Å². The lowest BCUT2D eigenvalue weighted by Gasteiger charge is -2.26. The maximum atomic E-state index is 12.5. The van der Waals surface area contributed by atoms with Crippen LogP contribution < -0.4 is 5.32 Å². The lowest BCUT2D eigenvalue weighted by atomic mass is 10.2. The van der Waals surface area contributed by atoms with Crippen LogP contribution in [0, 0.1) is 13.8 Å². The molecule has 7 heteroatoms. The van der Waals surface area contributed by atoms with Gasteiger partial charge in [0.2, 0.25) is 5.91 Å². The molecule has 1 N–H and O–H groups in total. The van der Waals surface area contributed by atoms with E-state index in [4.69, 9.17) is 4.74 Å². The van der Waals surface area contributed by atoms with Gasteiger partial charge in [-0.2, -0.15) is 0 Å². The van der Waals surface area contributed by atoms with Crippen LogP contribution in [-0.2, 0) is 9.53 Å². The van der Waals surface area contributed by atoms with E-state index in [9.17, 15) is 9.59 Å². The Morgan fingerprint density at radius 3 is 2.80 bits per heavy atom. The molecule has 2 aromatic heterocycles. The molecule has 2 amide bonds. The number of hydrogen-bond donors (Lipinski definition) is 1. The van der Waals surface area contributed by atoms with E-state index in [1.807, 2.05) is 41.5 Å². The van der Waals surface area contributed by atoms with Gasteiger partial charge in [-0.05, 0) is 31.9 Å². The number of nitrogens with zero attached hydrogens (tertiary/aromatic N) is 3. The van der Waals surface area contributed by atoms with Crippen LogP contribution in [0.15, 0.2) is 18.3 Å². The molecule has 134 valence electrons. The largest absolute Gasteiger partial charge is 0.378 e. The molecule has 25 heavy (non-hydrogen) atoms. The van der Waals surface area contributed by atoms with Crippen molar-refractivity contribution in [3.8, 4) is 0 Å². The second-order valence-electron chi connectivity index (χ2n) is 6.28. The minimum absolute atomic E-state index is 0.124. The van der Waals surface area contributed by atoms with Gasteiger partial charge in [-0.25, -0.2) is 4.98 Å². The van der Waals surface area contributed by atoms with Crippen LogP contribution in [-0.4, -0.2) is 58.9 Å². The van der Waals surface area contributed by atoms with Crippen LogP contribution in [0.2, 0.25) is 0 Å². The predicted octanol–water partition coefficient (Wildman–Crippen LogP) is 1.32. The van der Waals surface area contributed by atoms with Crippen molar-refractivity contribution in [2.24, 2.45) is 0 Å². The monoisotopic (exact) mass is 344 g/mol. The van der Waals surface area contributed by atoms with E-state index in [1.165, 1.54) is 0 Å². The van der Waals surface area contributed by atoms with Crippen LogP contribution in [0.3, 0.4) is 0 Å². The number of fused-ring (bicyclic) bond motifs is 1. The highest BCUT2D eigenvalue weighted by molar-refractivity contribution is 5.94. The quantitative estimate of drug-likeness (QED) is 0.830. The summed E-state index contributed by atoms with van der Waals surface area (Å²) in [5.74, 6) is -0.0337. The van der Waals surface area contributed by atoms with Gasteiger partial charge in [0.05, 0.1) is 18.9 Å². The molecule has 0 atom stereocenters. The molecule has 1 aliphatic rings. The molecular formula is C18H24N4O3. The third-order valence-electron chi connectivity index (χ3n) is 4.45. The molecule has 0 bridgehead atoms. The number of aromatic nitrogens is 2. The van der Waals surface area contributed by atoms with Crippen LogP contribution in [0.1, 0.15) is 34.6 Å². The number of carbonyl (C=O) groups is 2. The van der Waals surface area contributed by atoms with Gasteiger partial charge in [0.25, 0.3) is 5.91 Å². The first-order chi connectivity index (χ1) is 12.1. The van der Waals surface area contributed by atoms with Gasteiger partial charge < -0.3 is 15.0 Å². The summed E-state index contributed by atoms with van der Waals surface area (Å²) in [4.78, 5) is 30.9. The fourth-order valence-electron chi connectivity index (χ4n) is 3.09. The molecule has 0 unspecified atom stereocenters.